The van der Waals surface area contributed by atoms with Gasteiger partial charge in [-0.25, -0.2) is 0 Å². The SMILES string of the molecule is Cc1cc(CNC(CO)C(=O)O)ccc1C(F)(F)F. The number of nitrogens with one attached hydrogen (secondary N) is 1. The van der Waals surface area contributed by atoms with Crippen LogP contribution in [0.3, 0.4) is 0 Å². The maximum Gasteiger partial charge on any atom is 0.416 e. The predicted octanol–water partition coefficient (Wildman–Crippen LogP) is 1.55. The zero-order valence-corrected chi connectivity index (χ0v) is 10.2. The van der Waals surface area contributed by atoms with Crippen molar-refractivity contribution in [3.63, 3.8) is 0 Å². The van der Waals surface area contributed by atoms with Gasteiger partial charge in [-0.2, -0.15) is 13.2 Å². The Morgan fingerprint density at radius 3 is 2.47 bits per heavy atom. The molecule has 0 saturated heterocycles. The van der Waals surface area contributed by atoms with Gasteiger partial charge >= 0.3 is 12.1 Å². The molecular weight excluding hydrogens is 263 g/mol. The molecule has 1 rings (SSSR count). The minimum absolute atomic E-state index is 0.0660. The molecule has 0 saturated carbocycles. The summed E-state index contributed by atoms with van der Waals surface area (Å²) in [5.74, 6) is -1.22. The first-order valence-electron chi connectivity index (χ1n) is 5.49. The number of rotatable bonds is 5. The highest BCUT2D eigenvalue weighted by molar-refractivity contribution is 5.73. The predicted molar refractivity (Wildman–Crippen MR) is 61.5 cm³/mol. The number of benzene rings is 1. The molecule has 3 N–H and O–H groups in total. The first kappa shape index (κ1) is 15.5. The second-order valence-corrected chi connectivity index (χ2v) is 4.10. The van der Waals surface area contributed by atoms with Crippen LogP contribution in [0.2, 0.25) is 0 Å². The van der Waals surface area contributed by atoms with Gasteiger partial charge in [-0.1, -0.05) is 12.1 Å². The summed E-state index contributed by atoms with van der Waals surface area (Å²) < 4.78 is 37.6. The molecule has 0 aliphatic carbocycles. The van der Waals surface area contributed by atoms with Crippen LogP contribution in [0.4, 0.5) is 13.2 Å². The fourth-order valence-electron chi connectivity index (χ4n) is 1.62. The summed E-state index contributed by atoms with van der Waals surface area (Å²) in [6.45, 7) is 0.818. The Morgan fingerprint density at radius 2 is 2.05 bits per heavy atom. The van der Waals surface area contributed by atoms with E-state index in [1.54, 1.807) is 0 Å². The summed E-state index contributed by atoms with van der Waals surface area (Å²) in [7, 11) is 0. The van der Waals surface area contributed by atoms with Crippen LogP contribution in [-0.4, -0.2) is 28.8 Å². The van der Waals surface area contributed by atoms with E-state index in [-0.39, 0.29) is 12.1 Å². The van der Waals surface area contributed by atoms with Crippen molar-refractivity contribution >= 4 is 5.97 Å². The Balaban J connectivity index is 2.77. The molecule has 0 amide bonds. The third kappa shape index (κ3) is 4.22. The van der Waals surface area contributed by atoms with Gasteiger partial charge in [0.1, 0.15) is 6.04 Å². The molecule has 0 radical (unpaired) electrons. The Bertz CT molecular complexity index is 460. The summed E-state index contributed by atoms with van der Waals surface area (Å²) in [4.78, 5) is 10.6. The Kier molecular flexibility index (Phi) is 4.90. The van der Waals surface area contributed by atoms with Gasteiger partial charge in [0, 0.05) is 6.54 Å². The molecule has 0 bridgehead atoms. The number of halogens is 3. The van der Waals surface area contributed by atoms with Gasteiger partial charge in [0.25, 0.3) is 0 Å². The molecule has 106 valence electrons. The van der Waals surface area contributed by atoms with Crippen LogP contribution >= 0.6 is 0 Å². The molecule has 7 heteroatoms. The average Bonchev–Trinajstić information content (AvgIpc) is 2.27. The van der Waals surface area contributed by atoms with Gasteiger partial charge in [0.2, 0.25) is 0 Å². The molecule has 1 aromatic rings. The zero-order valence-electron chi connectivity index (χ0n) is 10.2. The number of hydrogen-bond donors (Lipinski definition) is 3. The molecule has 0 aliphatic rings. The summed E-state index contributed by atoms with van der Waals surface area (Å²) in [5, 5.41) is 20.0. The minimum Gasteiger partial charge on any atom is -0.480 e. The van der Waals surface area contributed by atoms with Crippen molar-refractivity contribution < 1.29 is 28.2 Å². The van der Waals surface area contributed by atoms with Gasteiger partial charge in [-0.3, -0.25) is 10.1 Å². The van der Waals surface area contributed by atoms with E-state index in [0.717, 1.165) is 6.07 Å². The van der Waals surface area contributed by atoms with E-state index < -0.39 is 30.4 Å². The highest BCUT2D eigenvalue weighted by Gasteiger charge is 2.32. The van der Waals surface area contributed by atoms with Crippen LogP contribution in [-0.2, 0) is 17.5 Å². The number of aliphatic hydroxyl groups excluding tert-OH is 1. The van der Waals surface area contributed by atoms with E-state index in [1.807, 2.05) is 0 Å². The molecule has 0 aromatic heterocycles. The first-order valence-corrected chi connectivity index (χ1v) is 5.49. The topological polar surface area (TPSA) is 69.6 Å². The average molecular weight is 277 g/mol. The van der Waals surface area contributed by atoms with Gasteiger partial charge in [0.05, 0.1) is 12.2 Å². The van der Waals surface area contributed by atoms with Crippen LogP contribution in [0.5, 0.6) is 0 Å². The van der Waals surface area contributed by atoms with Crippen LogP contribution in [0, 0.1) is 6.92 Å². The number of aryl methyl sites for hydroxylation is 1. The van der Waals surface area contributed by atoms with E-state index in [0.29, 0.717) is 5.56 Å². The second kappa shape index (κ2) is 6.03. The summed E-state index contributed by atoms with van der Waals surface area (Å²) >= 11 is 0. The van der Waals surface area contributed by atoms with Crippen LogP contribution in [0.1, 0.15) is 16.7 Å². The van der Waals surface area contributed by atoms with E-state index in [9.17, 15) is 18.0 Å². The van der Waals surface area contributed by atoms with E-state index in [4.69, 9.17) is 10.2 Å². The van der Waals surface area contributed by atoms with Crippen molar-refractivity contribution in [1.82, 2.24) is 5.32 Å². The summed E-state index contributed by atoms with van der Waals surface area (Å²) in [6.07, 6.45) is -4.40. The summed E-state index contributed by atoms with van der Waals surface area (Å²) in [5.41, 5.74) is -0.124. The Hall–Kier alpha value is -1.60. The number of aliphatic carboxylic acids is 1. The third-order valence-electron chi connectivity index (χ3n) is 2.63. The number of carboxylic acid groups (broad SMARTS) is 1. The minimum atomic E-state index is -4.40. The zero-order chi connectivity index (χ0) is 14.6. The molecule has 4 nitrogen and oxygen atoms in total. The van der Waals surface area contributed by atoms with Crippen molar-refractivity contribution in [2.75, 3.05) is 6.61 Å². The van der Waals surface area contributed by atoms with Crippen molar-refractivity contribution in [3.8, 4) is 0 Å². The second-order valence-electron chi connectivity index (χ2n) is 4.10. The quantitative estimate of drug-likeness (QED) is 0.763. The number of carboxylic acids is 1. The maximum atomic E-state index is 12.5. The number of hydrogen-bond acceptors (Lipinski definition) is 3. The Labute approximate surface area is 107 Å². The first-order chi connectivity index (χ1) is 8.75. The van der Waals surface area contributed by atoms with Crippen LogP contribution in [0.25, 0.3) is 0 Å². The van der Waals surface area contributed by atoms with Crippen molar-refractivity contribution in [2.24, 2.45) is 0 Å². The number of carbonyl (C=O) groups is 1. The van der Waals surface area contributed by atoms with Gasteiger partial charge < -0.3 is 10.2 Å². The standard InChI is InChI=1S/C12H14F3NO3/c1-7-4-8(2-3-9(7)12(13,14)15)5-16-10(6-17)11(18)19/h2-4,10,16-17H,5-6H2,1H3,(H,18,19). The number of aliphatic hydroxyl groups is 1. The molecule has 1 unspecified atom stereocenters. The molecule has 0 aliphatic heterocycles. The number of alkyl halides is 3. The summed E-state index contributed by atoms with van der Waals surface area (Å²) in [6, 6.07) is 2.44. The molecule has 0 spiro atoms. The van der Waals surface area contributed by atoms with E-state index in [1.165, 1.54) is 19.1 Å². The fourth-order valence-corrected chi connectivity index (χ4v) is 1.62. The van der Waals surface area contributed by atoms with E-state index in [2.05, 4.69) is 5.32 Å². The van der Waals surface area contributed by atoms with E-state index >= 15 is 0 Å². The lowest BCUT2D eigenvalue weighted by atomic mass is 10.0. The van der Waals surface area contributed by atoms with Crippen molar-refractivity contribution in [1.29, 1.82) is 0 Å². The largest absolute Gasteiger partial charge is 0.480 e. The van der Waals surface area contributed by atoms with Gasteiger partial charge in [0.15, 0.2) is 0 Å². The lowest BCUT2D eigenvalue weighted by molar-refractivity contribution is -0.140. The van der Waals surface area contributed by atoms with Crippen molar-refractivity contribution in [3.05, 3.63) is 34.9 Å². The molecule has 0 fully saturated rings. The highest BCUT2D eigenvalue weighted by atomic mass is 19.4. The van der Waals surface area contributed by atoms with Crippen LogP contribution in [0.15, 0.2) is 18.2 Å². The normalized spacial score (nSPS) is 13.3. The molecule has 1 atom stereocenters. The maximum absolute atomic E-state index is 12.5. The van der Waals surface area contributed by atoms with Gasteiger partial charge in [-0.15, -0.1) is 0 Å². The fraction of sp³-hybridized carbons (Fsp3) is 0.417. The smallest absolute Gasteiger partial charge is 0.416 e. The van der Waals surface area contributed by atoms with Crippen molar-refractivity contribution in [2.45, 2.75) is 25.7 Å². The van der Waals surface area contributed by atoms with Gasteiger partial charge in [-0.05, 0) is 24.1 Å². The van der Waals surface area contributed by atoms with Crippen LogP contribution < -0.4 is 5.32 Å². The molecule has 0 heterocycles. The lowest BCUT2D eigenvalue weighted by Crippen LogP contribution is -2.39. The lowest BCUT2D eigenvalue weighted by Gasteiger charge is -2.14. The Morgan fingerprint density at radius 1 is 1.42 bits per heavy atom. The molecular formula is C12H14F3NO3. The highest BCUT2D eigenvalue weighted by Crippen LogP contribution is 2.31. The third-order valence-corrected chi connectivity index (χ3v) is 2.63. The molecule has 1 aromatic carbocycles. The molecule has 19 heavy (non-hydrogen) atoms. The monoisotopic (exact) mass is 277 g/mol.